The Kier molecular flexibility index (Phi) is 33.5. The standard InChI is InChI=1S/C50H53N2O14S4.5Na.2O3S/c1-49(2)44(52(28-6-8-30-68(58,59)60)42-23-21-38-39(47(42)49)13-10-14-43(38)70(64,65)66)24-18-34(36-12-9-11-33(31-36)15-26-46(53)54)19-25-45-50(3,4)48-40-32-37(69(61,62)63)20-16-35(40)17-22-41(48)51(45)27-5-7-29-67(55,56)57;;;;;;2*1-4(2)3/h9,11-14,17-25,31-32H,5-8,15,26-30H2,1-4H3,(H,53,54)(H,55,56,57)(H,58,59,60)(H,61,62,63)(H,64,65,66);;;;;;;/q-1;5*+1;;/p-4. The molecule has 0 amide bonds. The SMILES string of the molecule is CC1(C)C(/C=C/C(=C/C=C2/N(CCCCS(=O)(=O)[O-])c3ccc4c(S(=O)(=O)[O-])c[c-]cc4c3C2(C)C)c2cccc(CCC(=O)O)c2)=[N+](CCCCS(=O)(=O)[O-])c2ccc3[c-]cc(S(=O)(=O)[O-])cc3c21.O=S(=O)=O.O=S(=O)=O.[Na+].[Na+].[Na+].[Na+].[Na+]. The van der Waals surface area contributed by atoms with Crippen LogP contribution in [0.5, 0.6) is 0 Å². The van der Waals surface area contributed by atoms with Gasteiger partial charge in [-0.2, -0.15) is 22.8 Å². The van der Waals surface area contributed by atoms with Crippen molar-refractivity contribution in [1.82, 2.24) is 0 Å². The molecule has 0 saturated heterocycles. The number of nitrogens with zero attached hydrogens (tertiary/aromatic N) is 2. The molecule has 0 spiro atoms. The van der Waals surface area contributed by atoms with Crippen LogP contribution in [0.1, 0.15) is 82.1 Å². The number of fused-ring (bicyclic) bond motifs is 6. The van der Waals surface area contributed by atoms with Gasteiger partial charge >= 0.3 is 175 Å². The number of anilines is 1. The normalized spacial score (nSPS) is 14.7. The number of carbonyl (C=O) groups is 1. The van der Waals surface area contributed by atoms with Crippen LogP contribution in [0.2, 0.25) is 0 Å². The molecular formula is C50H49N2Na5O20S6. The maximum absolute atomic E-state index is 12.4. The van der Waals surface area contributed by atoms with Crippen molar-refractivity contribution in [1.29, 1.82) is 0 Å². The Hall–Kier alpha value is -1.34. The van der Waals surface area contributed by atoms with Gasteiger partial charge in [-0.25, -0.2) is 25.3 Å². The van der Waals surface area contributed by atoms with Gasteiger partial charge in [0.25, 0.3) is 0 Å². The number of unbranched alkanes of at least 4 members (excludes halogenated alkanes) is 2. The van der Waals surface area contributed by atoms with E-state index < -0.39 is 99.8 Å². The van der Waals surface area contributed by atoms with Gasteiger partial charge in [-0.15, -0.1) is 65.7 Å². The molecule has 22 nitrogen and oxygen atoms in total. The predicted molar refractivity (Wildman–Crippen MR) is 279 cm³/mol. The predicted octanol–water partition coefficient (Wildman–Crippen LogP) is -10.2. The van der Waals surface area contributed by atoms with E-state index in [2.05, 4.69) is 12.1 Å². The maximum Gasteiger partial charge on any atom is 1.00 e. The fourth-order valence-corrected chi connectivity index (χ4v) is 11.9. The molecule has 5 aromatic carbocycles. The molecule has 2 aliphatic heterocycles. The summed E-state index contributed by atoms with van der Waals surface area (Å²) in [7, 11) is -25.0. The summed E-state index contributed by atoms with van der Waals surface area (Å²) < 4.78 is 196. The number of hydrogen-bond acceptors (Lipinski definition) is 20. The van der Waals surface area contributed by atoms with Gasteiger partial charge < -0.3 is 28.2 Å². The van der Waals surface area contributed by atoms with E-state index in [0.717, 1.165) is 17.7 Å². The van der Waals surface area contributed by atoms with Gasteiger partial charge in [-0.1, -0.05) is 61.2 Å². The summed E-state index contributed by atoms with van der Waals surface area (Å²) in [6.07, 6.45) is 8.18. The second-order valence-electron chi connectivity index (χ2n) is 18.8. The first kappa shape index (κ1) is 81.7. The molecule has 0 unspecified atom stereocenters. The number of carboxylic acids is 1. The molecule has 0 saturated carbocycles. The van der Waals surface area contributed by atoms with Crippen molar-refractivity contribution in [2.45, 2.75) is 86.8 Å². The minimum Gasteiger partial charge on any atom is -0.754 e. The fourth-order valence-electron chi connectivity index (χ4n) is 9.69. The van der Waals surface area contributed by atoms with E-state index >= 15 is 0 Å². The molecule has 2 heterocycles. The van der Waals surface area contributed by atoms with Crippen LogP contribution < -0.4 is 153 Å². The van der Waals surface area contributed by atoms with Gasteiger partial charge in [0, 0.05) is 59.3 Å². The first-order chi connectivity index (χ1) is 36.0. The molecule has 7 rings (SSSR count). The smallest absolute Gasteiger partial charge is 0.754 e. The molecule has 420 valence electrons. The van der Waals surface area contributed by atoms with Gasteiger partial charge in [0.1, 0.15) is 6.54 Å². The summed E-state index contributed by atoms with van der Waals surface area (Å²) in [5, 5.41) is 11.2. The molecule has 0 fully saturated rings. The number of aliphatic carboxylic acids is 1. The number of allylic oxidation sites excluding steroid dienone is 6. The molecule has 0 radical (unpaired) electrons. The van der Waals surface area contributed by atoms with Crippen LogP contribution in [0, 0.1) is 12.1 Å². The van der Waals surface area contributed by atoms with E-state index in [9.17, 15) is 61.8 Å². The van der Waals surface area contributed by atoms with E-state index in [4.69, 9.17) is 25.3 Å². The summed E-state index contributed by atoms with van der Waals surface area (Å²) in [6.45, 7) is 8.16. The topological polar surface area (TPSA) is 375 Å². The fraction of sp³-hybridized carbons (Fsp3) is 0.320. The van der Waals surface area contributed by atoms with Gasteiger partial charge in [0.05, 0.1) is 45.9 Å². The summed E-state index contributed by atoms with van der Waals surface area (Å²) in [5.74, 6) is -2.15. The number of rotatable bonds is 19. The van der Waals surface area contributed by atoms with Gasteiger partial charge in [0.15, 0.2) is 11.4 Å². The molecule has 0 aliphatic carbocycles. The van der Waals surface area contributed by atoms with Crippen molar-refractivity contribution < 1.29 is 239 Å². The van der Waals surface area contributed by atoms with Crippen molar-refractivity contribution in [3.05, 3.63) is 137 Å². The second-order valence-corrected chi connectivity index (χ2v) is 25.4. The van der Waals surface area contributed by atoms with Gasteiger partial charge in [-0.3, -0.25) is 13.2 Å². The van der Waals surface area contributed by atoms with Gasteiger partial charge in [0.2, 0.25) is 0 Å². The molecule has 1 N–H and O–H groups in total. The summed E-state index contributed by atoms with van der Waals surface area (Å²) in [4.78, 5) is 12.7. The van der Waals surface area contributed by atoms with Crippen molar-refractivity contribution in [3.63, 3.8) is 0 Å². The van der Waals surface area contributed by atoms with Crippen molar-refractivity contribution in [3.8, 4) is 0 Å². The first-order valence-electron chi connectivity index (χ1n) is 23.2. The van der Waals surface area contributed by atoms with Crippen LogP contribution in [-0.2, 0) is 83.7 Å². The zero-order chi connectivity index (χ0) is 58.3. The Morgan fingerprint density at radius 2 is 1.28 bits per heavy atom. The van der Waals surface area contributed by atoms with Crippen molar-refractivity contribution in [2.24, 2.45) is 0 Å². The van der Waals surface area contributed by atoms with Crippen LogP contribution in [0.25, 0.3) is 27.1 Å². The Morgan fingerprint density at radius 3 is 1.83 bits per heavy atom. The average molecular weight is 1310 g/mol. The zero-order valence-electron chi connectivity index (χ0n) is 46.9. The number of hydrogen-bond donors (Lipinski definition) is 1. The summed E-state index contributed by atoms with van der Waals surface area (Å²) in [6, 6.07) is 25.0. The second kappa shape index (κ2) is 34.0. The Balaban J connectivity index is 0.00000486. The molecule has 0 aromatic heterocycles. The quantitative estimate of drug-likeness (QED) is 0.0200. The molecule has 0 bridgehead atoms. The monoisotopic (exact) mass is 1300 g/mol. The molecule has 0 atom stereocenters. The van der Waals surface area contributed by atoms with Crippen LogP contribution in [0.3, 0.4) is 0 Å². The van der Waals surface area contributed by atoms with E-state index in [-0.39, 0.29) is 205 Å². The van der Waals surface area contributed by atoms with E-state index in [1.807, 2.05) is 79.7 Å². The van der Waals surface area contributed by atoms with Gasteiger partial charge in [-0.05, 0) is 90.3 Å². The van der Waals surface area contributed by atoms with Crippen molar-refractivity contribution >= 4 is 112 Å². The van der Waals surface area contributed by atoms with E-state index in [1.54, 1.807) is 36.4 Å². The van der Waals surface area contributed by atoms with Crippen LogP contribution in [0.15, 0.2) is 113 Å². The summed E-state index contributed by atoms with van der Waals surface area (Å²) in [5.41, 5.74) is 4.24. The number of benzene rings is 5. The van der Waals surface area contributed by atoms with E-state index in [1.165, 1.54) is 6.07 Å². The number of aryl methyl sites for hydroxylation is 1. The molecule has 2 aliphatic rings. The molecule has 5 aromatic rings. The molecule has 83 heavy (non-hydrogen) atoms. The largest absolute Gasteiger partial charge is 1.00 e. The average Bonchev–Trinajstić information content (AvgIpc) is 3.67. The number of carboxylic acid groups (broad SMARTS) is 1. The van der Waals surface area contributed by atoms with Crippen LogP contribution in [-0.4, -0.2) is 123 Å². The first-order valence-corrected chi connectivity index (χ1v) is 31.1. The molecular weight excluding hydrogens is 1260 g/mol. The van der Waals surface area contributed by atoms with E-state index in [0.29, 0.717) is 61.2 Å². The Bertz CT molecular complexity index is 4020. The zero-order valence-corrected chi connectivity index (χ0v) is 61.8. The minimum absolute atomic E-state index is 0. The van der Waals surface area contributed by atoms with Crippen LogP contribution >= 0.6 is 0 Å². The van der Waals surface area contributed by atoms with Crippen LogP contribution in [0.4, 0.5) is 11.4 Å². The van der Waals surface area contributed by atoms with Crippen molar-refractivity contribution in [2.75, 3.05) is 29.5 Å². The Morgan fingerprint density at radius 1 is 0.687 bits per heavy atom. The summed E-state index contributed by atoms with van der Waals surface area (Å²) >= 11 is 0. The third-order valence-electron chi connectivity index (χ3n) is 12.8. The minimum atomic E-state index is -4.91. The third-order valence-corrected chi connectivity index (χ3v) is 16.1. The third kappa shape index (κ3) is 22.6. The maximum atomic E-state index is 12.4. The Labute approximate surface area is 596 Å². The molecule has 33 heteroatoms.